The second-order valence-corrected chi connectivity index (χ2v) is 6.87. The van der Waals surface area contributed by atoms with Crippen molar-refractivity contribution >= 4 is 12.4 Å². The Hall–Kier alpha value is -2.62. The van der Waals surface area contributed by atoms with Crippen LogP contribution in [0.4, 0.5) is 0 Å². The molecule has 150 valence electrons. The summed E-state index contributed by atoms with van der Waals surface area (Å²) in [6.07, 6.45) is 6.91. The molecule has 0 heterocycles. The lowest BCUT2D eigenvalue weighted by atomic mass is 10.0. The van der Waals surface area contributed by atoms with E-state index < -0.39 is 0 Å². The predicted molar refractivity (Wildman–Crippen MR) is 119 cm³/mol. The number of hydrogen-bond donors (Lipinski definition) is 2. The van der Waals surface area contributed by atoms with Crippen LogP contribution in [-0.4, -0.2) is 35.7 Å². The van der Waals surface area contributed by atoms with Crippen LogP contribution in [0.1, 0.15) is 61.1 Å². The summed E-state index contributed by atoms with van der Waals surface area (Å²) in [5.74, 6) is 0.640. The summed E-state index contributed by atoms with van der Waals surface area (Å²) in [6, 6.07) is 8.08. The van der Waals surface area contributed by atoms with Crippen LogP contribution >= 0.6 is 0 Å². The normalized spacial score (nSPS) is 11.7. The Labute approximate surface area is 168 Å². The van der Waals surface area contributed by atoms with Crippen molar-refractivity contribution in [1.82, 2.24) is 0 Å². The third-order valence-corrected chi connectivity index (χ3v) is 4.95. The number of phenolic OH excluding ortho intramolecular Hbond substituents is 2. The molecule has 0 saturated carbocycles. The fraction of sp³-hybridized carbons (Fsp3) is 0.417. The van der Waals surface area contributed by atoms with Crippen molar-refractivity contribution in [2.75, 3.05) is 13.1 Å². The Kier molecular flexibility index (Phi) is 8.24. The van der Waals surface area contributed by atoms with E-state index in [-0.39, 0.29) is 0 Å². The van der Waals surface area contributed by atoms with Gasteiger partial charge in [-0.15, -0.1) is 0 Å². The van der Waals surface area contributed by atoms with E-state index in [1.165, 1.54) is 11.1 Å². The van der Waals surface area contributed by atoms with Crippen molar-refractivity contribution in [3.05, 3.63) is 57.6 Å². The number of phenols is 2. The minimum Gasteiger partial charge on any atom is -0.507 e. The van der Waals surface area contributed by atoms with E-state index in [1.54, 1.807) is 12.4 Å². The van der Waals surface area contributed by atoms with Gasteiger partial charge in [0.15, 0.2) is 0 Å². The van der Waals surface area contributed by atoms with Gasteiger partial charge in [0.1, 0.15) is 11.5 Å². The lowest BCUT2D eigenvalue weighted by Crippen LogP contribution is -1.96. The topological polar surface area (TPSA) is 65.2 Å². The Morgan fingerprint density at radius 2 is 1.04 bits per heavy atom. The lowest BCUT2D eigenvalue weighted by Gasteiger charge is -2.08. The molecule has 4 nitrogen and oxygen atoms in total. The standard InChI is InChI=1S/C24H32N2O2/c1-5-17-11-19(7-3)23(27)21(13-17)15-25-9-10-26-16-22-14-18(6-2)12-20(8-4)24(22)28/h11-16,27-28H,5-10H2,1-4H3. The van der Waals surface area contributed by atoms with Crippen molar-refractivity contribution in [2.45, 2.75) is 53.4 Å². The zero-order chi connectivity index (χ0) is 20.5. The molecule has 0 saturated heterocycles. The molecule has 0 aliphatic carbocycles. The van der Waals surface area contributed by atoms with Gasteiger partial charge in [-0.25, -0.2) is 0 Å². The summed E-state index contributed by atoms with van der Waals surface area (Å²) in [7, 11) is 0. The summed E-state index contributed by atoms with van der Waals surface area (Å²) < 4.78 is 0. The van der Waals surface area contributed by atoms with Crippen LogP contribution in [0.25, 0.3) is 0 Å². The van der Waals surface area contributed by atoms with E-state index in [1.807, 2.05) is 26.0 Å². The Morgan fingerprint density at radius 3 is 1.36 bits per heavy atom. The molecule has 28 heavy (non-hydrogen) atoms. The number of aryl methyl sites for hydroxylation is 4. The van der Waals surface area contributed by atoms with Crippen LogP contribution in [0.3, 0.4) is 0 Å². The molecule has 0 bridgehead atoms. The van der Waals surface area contributed by atoms with Crippen molar-refractivity contribution in [3.63, 3.8) is 0 Å². The first-order valence-electron chi connectivity index (χ1n) is 10.2. The zero-order valence-electron chi connectivity index (χ0n) is 17.5. The molecule has 0 amide bonds. The van der Waals surface area contributed by atoms with Gasteiger partial charge in [0.2, 0.25) is 0 Å². The maximum atomic E-state index is 10.3. The molecule has 2 N–H and O–H groups in total. The molecular formula is C24H32N2O2. The Balaban J connectivity index is 2.03. The van der Waals surface area contributed by atoms with Crippen LogP contribution < -0.4 is 0 Å². The molecule has 2 aromatic carbocycles. The van der Waals surface area contributed by atoms with Crippen molar-refractivity contribution in [1.29, 1.82) is 0 Å². The monoisotopic (exact) mass is 380 g/mol. The van der Waals surface area contributed by atoms with Crippen molar-refractivity contribution in [3.8, 4) is 11.5 Å². The van der Waals surface area contributed by atoms with Gasteiger partial charge in [-0.1, -0.05) is 39.8 Å². The van der Waals surface area contributed by atoms with Gasteiger partial charge in [-0.3, -0.25) is 9.98 Å². The first kappa shape index (κ1) is 21.7. The SMILES string of the molecule is CCc1cc(C=NCCN=Cc2cc(CC)cc(CC)c2O)c(O)c(CC)c1. The maximum absolute atomic E-state index is 10.3. The quantitative estimate of drug-likeness (QED) is 0.481. The van der Waals surface area contributed by atoms with Crippen LogP contribution in [0.5, 0.6) is 11.5 Å². The third-order valence-electron chi connectivity index (χ3n) is 4.95. The molecule has 0 radical (unpaired) electrons. The van der Waals surface area contributed by atoms with E-state index in [0.29, 0.717) is 24.6 Å². The maximum Gasteiger partial charge on any atom is 0.127 e. The highest BCUT2D eigenvalue weighted by Gasteiger charge is 2.07. The summed E-state index contributed by atoms with van der Waals surface area (Å²) in [5, 5.41) is 20.7. The highest BCUT2D eigenvalue weighted by Crippen LogP contribution is 2.25. The van der Waals surface area contributed by atoms with E-state index in [4.69, 9.17) is 0 Å². The number of aliphatic imine (C=N–C) groups is 2. The minimum atomic E-state index is 0.320. The number of hydrogen-bond acceptors (Lipinski definition) is 4. The second kappa shape index (κ2) is 10.6. The van der Waals surface area contributed by atoms with Gasteiger partial charge in [0.05, 0.1) is 13.1 Å². The van der Waals surface area contributed by atoms with Crippen molar-refractivity contribution < 1.29 is 10.2 Å². The second-order valence-electron chi connectivity index (χ2n) is 6.87. The average Bonchev–Trinajstić information content (AvgIpc) is 2.72. The molecule has 0 aromatic heterocycles. The summed E-state index contributed by atoms with van der Waals surface area (Å²) in [4.78, 5) is 8.83. The lowest BCUT2D eigenvalue weighted by molar-refractivity contribution is 0.467. The largest absolute Gasteiger partial charge is 0.507 e. The molecule has 0 aliphatic rings. The molecule has 4 heteroatoms. The van der Waals surface area contributed by atoms with E-state index in [2.05, 4.69) is 36.0 Å². The van der Waals surface area contributed by atoms with Crippen LogP contribution in [0.2, 0.25) is 0 Å². The molecule has 2 rings (SSSR count). The average molecular weight is 381 g/mol. The van der Waals surface area contributed by atoms with Gasteiger partial charge in [-0.05, 0) is 60.1 Å². The van der Waals surface area contributed by atoms with Gasteiger partial charge in [0, 0.05) is 23.6 Å². The Bertz CT molecular complexity index is 783. The molecule has 2 aromatic rings. The smallest absolute Gasteiger partial charge is 0.127 e. The zero-order valence-corrected chi connectivity index (χ0v) is 17.5. The number of nitrogens with zero attached hydrogens (tertiary/aromatic N) is 2. The van der Waals surface area contributed by atoms with Crippen LogP contribution in [0.15, 0.2) is 34.3 Å². The van der Waals surface area contributed by atoms with E-state index >= 15 is 0 Å². The fourth-order valence-corrected chi connectivity index (χ4v) is 3.16. The predicted octanol–water partition coefficient (Wildman–Crippen LogP) is 4.89. The molecular weight excluding hydrogens is 348 g/mol. The minimum absolute atomic E-state index is 0.320. The van der Waals surface area contributed by atoms with E-state index in [9.17, 15) is 10.2 Å². The first-order chi connectivity index (χ1) is 13.5. The fourth-order valence-electron chi connectivity index (χ4n) is 3.16. The number of rotatable bonds is 9. The molecule has 0 fully saturated rings. The van der Waals surface area contributed by atoms with Gasteiger partial charge < -0.3 is 10.2 Å². The summed E-state index contributed by atoms with van der Waals surface area (Å²) >= 11 is 0. The highest BCUT2D eigenvalue weighted by molar-refractivity contribution is 5.85. The summed E-state index contributed by atoms with van der Waals surface area (Å²) in [5.41, 5.74) is 5.84. The van der Waals surface area contributed by atoms with Crippen LogP contribution in [0, 0.1) is 0 Å². The van der Waals surface area contributed by atoms with Crippen LogP contribution in [-0.2, 0) is 25.7 Å². The Morgan fingerprint density at radius 1 is 0.643 bits per heavy atom. The number of aromatic hydroxyl groups is 2. The first-order valence-corrected chi connectivity index (χ1v) is 10.2. The highest BCUT2D eigenvalue weighted by atomic mass is 16.3. The summed E-state index contributed by atoms with van der Waals surface area (Å²) in [6.45, 7) is 9.35. The van der Waals surface area contributed by atoms with Gasteiger partial charge in [0.25, 0.3) is 0 Å². The van der Waals surface area contributed by atoms with Gasteiger partial charge >= 0.3 is 0 Å². The molecule has 0 aliphatic heterocycles. The molecule has 0 spiro atoms. The van der Waals surface area contributed by atoms with Crippen molar-refractivity contribution in [2.24, 2.45) is 9.98 Å². The van der Waals surface area contributed by atoms with Gasteiger partial charge in [-0.2, -0.15) is 0 Å². The number of benzene rings is 2. The molecule has 0 unspecified atom stereocenters. The van der Waals surface area contributed by atoms with E-state index in [0.717, 1.165) is 47.9 Å². The molecule has 0 atom stereocenters. The third kappa shape index (κ3) is 5.44.